The maximum absolute atomic E-state index is 12.6. The first kappa shape index (κ1) is 19.7. The van der Waals surface area contributed by atoms with Gasteiger partial charge in [0.1, 0.15) is 0 Å². The molecule has 2 atom stereocenters. The monoisotopic (exact) mass is 360 g/mol. The van der Waals surface area contributed by atoms with Crippen LogP contribution < -0.4 is 5.32 Å². The molecule has 7 nitrogen and oxygen atoms in total. The molecule has 26 heavy (non-hydrogen) atoms. The number of carboxylic acid groups (broad SMARTS) is 1. The van der Waals surface area contributed by atoms with Gasteiger partial charge < -0.3 is 20.1 Å². The van der Waals surface area contributed by atoms with E-state index in [0.29, 0.717) is 0 Å². The predicted octanol–water partition coefficient (Wildman–Crippen LogP) is 1.95. The molecule has 0 fully saturated rings. The Morgan fingerprint density at radius 3 is 2.62 bits per heavy atom. The summed E-state index contributed by atoms with van der Waals surface area (Å²) in [7, 11) is 1.45. The third kappa shape index (κ3) is 4.70. The van der Waals surface area contributed by atoms with E-state index in [9.17, 15) is 14.4 Å². The summed E-state index contributed by atoms with van der Waals surface area (Å²) >= 11 is 0. The number of carbonyl (C=O) groups excluding carboxylic acids is 2. The van der Waals surface area contributed by atoms with Gasteiger partial charge in [-0.2, -0.15) is 0 Å². The molecule has 1 aliphatic rings. The summed E-state index contributed by atoms with van der Waals surface area (Å²) < 4.78 is 5.06. The predicted molar refractivity (Wildman–Crippen MR) is 96.0 cm³/mol. The van der Waals surface area contributed by atoms with E-state index in [1.165, 1.54) is 18.9 Å². The molecule has 1 heterocycles. The van der Waals surface area contributed by atoms with Gasteiger partial charge in [-0.05, 0) is 24.1 Å². The Balaban J connectivity index is 2.21. The summed E-state index contributed by atoms with van der Waals surface area (Å²) in [5.74, 6) is -1.54. The largest absolute Gasteiger partial charge is 0.481 e. The first-order valence-electron chi connectivity index (χ1n) is 8.33. The fourth-order valence-corrected chi connectivity index (χ4v) is 3.26. The van der Waals surface area contributed by atoms with E-state index >= 15 is 0 Å². The van der Waals surface area contributed by atoms with E-state index < -0.39 is 17.6 Å². The number of amides is 2. The highest BCUT2D eigenvalue weighted by Gasteiger charge is 2.33. The van der Waals surface area contributed by atoms with Crippen molar-refractivity contribution in [1.29, 1.82) is 0 Å². The van der Waals surface area contributed by atoms with Gasteiger partial charge in [0.15, 0.2) is 0 Å². The lowest BCUT2D eigenvalue weighted by Crippen LogP contribution is -2.51. The molecule has 0 spiro atoms. The molecule has 0 bridgehead atoms. The van der Waals surface area contributed by atoms with E-state index in [4.69, 9.17) is 9.84 Å². The van der Waals surface area contributed by atoms with Crippen molar-refractivity contribution in [3.8, 4) is 0 Å². The van der Waals surface area contributed by atoms with Crippen molar-refractivity contribution in [3.63, 3.8) is 0 Å². The second kappa shape index (κ2) is 8.14. The minimum absolute atomic E-state index is 0.0276. The number of nitrogens with one attached hydrogen (secondary N) is 1. The van der Waals surface area contributed by atoms with Crippen LogP contribution in [0.3, 0.4) is 0 Å². The number of carboxylic acids is 1. The van der Waals surface area contributed by atoms with Crippen molar-refractivity contribution in [1.82, 2.24) is 10.2 Å². The third-order valence-electron chi connectivity index (χ3n) is 4.29. The average molecular weight is 360 g/mol. The van der Waals surface area contributed by atoms with Gasteiger partial charge in [0.05, 0.1) is 31.0 Å². The molecule has 0 aliphatic carbocycles. The van der Waals surface area contributed by atoms with Crippen LogP contribution in [-0.2, 0) is 19.1 Å². The summed E-state index contributed by atoms with van der Waals surface area (Å²) in [6.07, 6.45) is 3.28. The maximum atomic E-state index is 12.6. The van der Waals surface area contributed by atoms with Crippen LogP contribution in [0.2, 0.25) is 0 Å². The van der Waals surface area contributed by atoms with Gasteiger partial charge in [0.25, 0.3) is 0 Å². The lowest BCUT2D eigenvalue weighted by molar-refractivity contribution is -0.139. The lowest BCUT2D eigenvalue weighted by atomic mass is 9.92. The molecule has 140 valence electrons. The Morgan fingerprint density at radius 1 is 1.31 bits per heavy atom. The molecule has 1 aromatic carbocycles. The molecular formula is C19H24N2O5. The van der Waals surface area contributed by atoms with Gasteiger partial charge in [-0.1, -0.05) is 24.3 Å². The summed E-state index contributed by atoms with van der Waals surface area (Å²) in [4.78, 5) is 37.2. The standard InChI is InChI=1S/C19H24N2O5/c1-13(22)21-9-8-14-6-4-5-7-15(14)16(21)10-17(23)20-19(2,12-26-3)11-18(24)25/h4-9,16H,10-12H2,1-3H3,(H,20,23)(H,24,25). The van der Waals surface area contributed by atoms with Gasteiger partial charge in [0.2, 0.25) is 11.8 Å². The number of fused-ring (bicyclic) bond motifs is 1. The number of hydrogen-bond donors (Lipinski definition) is 2. The minimum atomic E-state index is -1.03. The first-order chi connectivity index (χ1) is 12.3. The molecule has 7 heteroatoms. The van der Waals surface area contributed by atoms with Crippen LogP contribution in [0.1, 0.15) is 43.9 Å². The van der Waals surface area contributed by atoms with Crippen LogP contribution in [0.15, 0.2) is 30.5 Å². The van der Waals surface area contributed by atoms with Gasteiger partial charge in [0, 0.05) is 20.2 Å². The minimum Gasteiger partial charge on any atom is -0.481 e. The number of methoxy groups -OCH3 is 1. The van der Waals surface area contributed by atoms with Crippen LogP contribution in [-0.4, -0.2) is 47.0 Å². The molecule has 0 saturated carbocycles. The smallest absolute Gasteiger partial charge is 0.305 e. The van der Waals surface area contributed by atoms with Crippen LogP contribution in [0, 0.1) is 0 Å². The van der Waals surface area contributed by atoms with E-state index in [-0.39, 0.29) is 31.3 Å². The molecule has 0 radical (unpaired) electrons. The van der Waals surface area contributed by atoms with Gasteiger partial charge in [-0.3, -0.25) is 14.4 Å². The van der Waals surface area contributed by atoms with Crippen molar-refractivity contribution >= 4 is 23.9 Å². The Kier molecular flexibility index (Phi) is 6.15. The third-order valence-corrected chi connectivity index (χ3v) is 4.29. The van der Waals surface area contributed by atoms with E-state index in [1.807, 2.05) is 30.3 Å². The maximum Gasteiger partial charge on any atom is 0.305 e. The normalized spacial score (nSPS) is 18.0. The Bertz CT molecular complexity index is 730. The summed E-state index contributed by atoms with van der Waals surface area (Å²) in [5.41, 5.74) is 0.808. The number of hydrogen-bond acceptors (Lipinski definition) is 4. The number of aliphatic carboxylic acids is 1. The zero-order chi connectivity index (χ0) is 19.3. The second-order valence-corrected chi connectivity index (χ2v) is 6.70. The molecule has 0 aromatic heterocycles. The highest BCUT2D eigenvalue weighted by molar-refractivity contribution is 5.82. The van der Waals surface area contributed by atoms with Crippen molar-refractivity contribution in [3.05, 3.63) is 41.6 Å². The lowest BCUT2D eigenvalue weighted by Gasteiger charge is -2.34. The molecule has 2 rings (SSSR count). The van der Waals surface area contributed by atoms with Crippen molar-refractivity contribution in [2.45, 2.75) is 38.3 Å². The van der Waals surface area contributed by atoms with E-state index in [0.717, 1.165) is 11.1 Å². The van der Waals surface area contributed by atoms with E-state index in [2.05, 4.69) is 5.32 Å². The van der Waals surface area contributed by atoms with Crippen molar-refractivity contribution in [2.24, 2.45) is 0 Å². The highest BCUT2D eigenvalue weighted by atomic mass is 16.5. The number of carbonyl (C=O) groups is 3. The highest BCUT2D eigenvalue weighted by Crippen LogP contribution is 2.33. The number of nitrogens with zero attached hydrogens (tertiary/aromatic N) is 1. The first-order valence-corrected chi connectivity index (χ1v) is 8.33. The van der Waals surface area contributed by atoms with Crippen LogP contribution in [0.5, 0.6) is 0 Å². The number of benzene rings is 1. The Morgan fingerprint density at radius 2 is 2.00 bits per heavy atom. The topological polar surface area (TPSA) is 95.9 Å². The average Bonchev–Trinajstić information content (AvgIpc) is 2.53. The zero-order valence-corrected chi connectivity index (χ0v) is 15.2. The van der Waals surface area contributed by atoms with Gasteiger partial charge >= 0.3 is 5.97 Å². The van der Waals surface area contributed by atoms with Crippen LogP contribution in [0.25, 0.3) is 6.08 Å². The molecule has 2 N–H and O–H groups in total. The second-order valence-electron chi connectivity index (χ2n) is 6.70. The summed E-state index contributed by atoms with van der Waals surface area (Å²) in [6, 6.07) is 7.13. The fraction of sp³-hybridized carbons (Fsp3) is 0.421. The summed E-state index contributed by atoms with van der Waals surface area (Å²) in [6.45, 7) is 3.14. The van der Waals surface area contributed by atoms with Gasteiger partial charge in [-0.25, -0.2) is 0 Å². The van der Waals surface area contributed by atoms with Crippen molar-refractivity contribution in [2.75, 3.05) is 13.7 Å². The SMILES string of the molecule is COCC(C)(CC(=O)O)NC(=O)CC1c2ccccc2C=CN1C(C)=O. The number of rotatable bonds is 7. The molecule has 1 aliphatic heterocycles. The number of ether oxygens (including phenoxy) is 1. The molecular weight excluding hydrogens is 336 g/mol. The van der Waals surface area contributed by atoms with Crippen molar-refractivity contribution < 1.29 is 24.2 Å². The molecule has 2 unspecified atom stereocenters. The van der Waals surface area contributed by atoms with Crippen LogP contribution >= 0.6 is 0 Å². The van der Waals surface area contributed by atoms with Gasteiger partial charge in [-0.15, -0.1) is 0 Å². The molecule has 2 amide bonds. The Hall–Kier alpha value is -2.67. The molecule has 1 aromatic rings. The fourth-order valence-electron chi connectivity index (χ4n) is 3.26. The molecule has 0 saturated heterocycles. The Labute approximate surface area is 152 Å². The zero-order valence-electron chi connectivity index (χ0n) is 15.2. The van der Waals surface area contributed by atoms with E-state index in [1.54, 1.807) is 13.1 Å². The quantitative estimate of drug-likeness (QED) is 0.775. The summed E-state index contributed by atoms with van der Waals surface area (Å²) in [5, 5.41) is 11.8. The van der Waals surface area contributed by atoms with Crippen LogP contribution in [0.4, 0.5) is 0 Å².